The summed E-state index contributed by atoms with van der Waals surface area (Å²) in [7, 11) is 1.65. The lowest BCUT2D eigenvalue weighted by atomic mass is 10.1. The molecule has 0 saturated carbocycles. The van der Waals surface area contributed by atoms with E-state index >= 15 is 0 Å². The molecule has 102 valence electrons. The molecule has 1 N–H and O–H groups in total. The standard InChI is InChI=1S/C16H16N2O2/c1-20-16-7-6-12(11-19)8-14(16)10-18-15-5-3-2-4-13(15)9-17-18/h2-9,19H,10-11H2,1H3. The number of para-hydroxylation sites is 1. The second kappa shape index (κ2) is 5.35. The van der Waals surface area contributed by atoms with Crippen LogP contribution in [-0.2, 0) is 13.2 Å². The van der Waals surface area contributed by atoms with Crippen molar-refractivity contribution in [3.05, 3.63) is 59.8 Å². The molecule has 1 aromatic heterocycles. The summed E-state index contributed by atoms with van der Waals surface area (Å²) in [5.74, 6) is 0.807. The van der Waals surface area contributed by atoms with Crippen molar-refractivity contribution < 1.29 is 9.84 Å². The van der Waals surface area contributed by atoms with Gasteiger partial charge in [-0.15, -0.1) is 0 Å². The Hall–Kier alpha value is -2.33. The van der Waals surface area contributed by atoms with E-state index < -0.39 is 0 Å². The highest BCUT2D eigenvalue weighted by atomic mass is 16.5. The number of rotatable bonds is 4. The van der Waals surface area contributed by atoms with E-state index in [9.17, 15) is 5.11 Å². The molecule has 0 aliphatic rings. The number of aliphatic hydroxyl groups is 1. The highest BCUT2D eigenvalue weighted by Gasteiger charge is 2.08. The number of fused-ring (bicyclic) bond motifs is 1. The molecule has 1 heterocycles. The molecule has 20 heavy (non-hydrogen) atoms. The molecule has 0 aliphatic heterocycles. The fourth-order valence-electron chi connectivity index (χ4n) is 2.37. The number of methoxy groups -OCH3 is 1. The zero-order valence-corrected chi connectivity index (χ0v) is 11.3. The summed E-state index contributed by atoms with van der Waals surface area (Å²) in [5.41, 5.74) is 2.97. The SMILES string of the molecule is COc1ccc(CO)cc1Cn1ncc2ccccc21. The van der Waals surface area contributed by atoms with Crippen LogP contribution in [0.25, 0.3) is 10.9 Å². The van der Waals surface area contributed by atoms with Gasteiger partial charge in [0.25, 0.3) is 0 Å². The van der Waals surface area contributed by atoms with E-state index in [0.29, 0.717) is 6.54 Å². The van der Waals surface area contributed by atoms with E-state index in [4.69, 9.17) is 4.74 Å². The van der Waals surface area contributed by atoms with Crippen molar-refractivity contribution >= 4 is 10.9 Å². The van der Waals surface area contributed by atoms with Gasteiger partial charge < -0.3 is 9.84 Å². The number of hydrogen-bond donors (Lipinski definition) is 1. The Balaban J connectivity index is 2.01. The van der Waals surface area contributed by atoms with Crippen LogP contribution in [0.2, 0.25) is 0 Å². The first-order chi connectivity index (χ1) is 9.81. The number of aliphatic hydroxyl groups excluding tert-OH is 1. The molecule has 0 amide bonds. The summed E-state index contributed by atoms with van der Waals surface area (Å²) < 4.78 is 7.32. The van der Waals surface area contributed by atoms with Gasteiger partial charge in [-0.05, 0) is 23.8 Å². The van der Waals surface area contributed by atoms with Gasteiger partial charge in [0, 0.05) is 10.9 Å². The molecular weight excluding hydrogens is 252 g/mol. The Morgan fingerprint density at radius 2 is 2.05 bits per heavy atom. The Morgan fingerprint density at radius 3 is 2.85 bits per heavy atom. The van der Waals surface area contributed by atoms with Gasteiger partial charge in [0.1, 0.15) is 5.75 Å². The Morgan fingerprint density at radius 1 is 1.20 bits per heavy atom. The summed E-state index contributed by atoms with van der Waals surface area (Å²) in [6, 6.07) is 13.8. The van der Waals surface area contributed by atoms with E-state index in [2.05, 4.69) is 5.10 Å². The maximum atomic E-state index is 9.26. The van der Waals surface area contributed by atoms with Crippen LogP contribution in [0, 0.1) is 0 Å². The lowest BCUT2D eigenvalue weighted by Gasteiger charge is -2.11. The molecule has 0 aliphatic carbocycles. The number of ether oxygens (including phenoxy) is 1. The second-order valence-corrected chi connectivity index (χ2v) is 4.67. The van der Waals surface area contributed by atoms with Crippen LogP contribution in [-0.4, -0.2) is 22.0 Å². The first-order valence-electron chi connectivity index (χ1n) is 6.49. The molecule has 0 atom stereocenters. The molecule has 0 radical (unpaired) electrons. The van der Waals surface area contributed by atoms with Crippen molar-refractivity contribution in [3.8, 4) is 5.75 Å². The molecule has 0 saturated heterocycles. The van der Waals surface area contributed by atoms with Crippen molar-refractivity contribution in [2.75, 3.05) is 7.11 Å². The Bertz CT molecular complexity index is 734. The van der Waals surface area contributed by atoms with Crippen molar-refractivity contribution in [3.63, 3.8) is 0 Å². The summed E-state index contributed by atoms with van der Waals surface area (Å²) in [5, 5.41) is 14.8. The van der Waals surface area contributed by atoms with Gasteiger partial charge in [0.15, 0.2) is 0 Å². The maximum absolute atomic E-state index is 9.26. The van der Waals surface area contributed by atoms with Crippen LogP contribution in [0.5, 0.6) is 5.75 Å². The van der Waals surface area contributed by atoms with Crippen LogP contribution < -0.4 is 4.74 Å². The van der Waals surface area contributed by atoms with Gasteiger partial charge in [-0.3, -0.25) is 4.68 Å². The van der Waals surface area contributed by atoms with Gasteiger partial charge in [0.05, 0.1) is 32.0 Å². The molecule has 4 nitrogen and oxygen atoms in total. The first kappa shape index (κ1) is 12.7. The molecule has 2 aromatic carbocycles. The average Bonchev–Trinajstić information content (AvgIpc) is 2.90. The summed E-state index contributed by atoms with van der Waals surface area (Å²) in [6.07, 6.45) is 1.86. The second-order valence-electron chi connectivity index (χ2n) is 4.67. The maximum Gasteiger partial charge on any atom is 0.123 e. The molecule has 4 heteroatoms. The predicted molar refractivity (Wildman–Crippen MR) is 77.8 cm³/mol. The largest absolute Gasteiger partial charge is 0.496 e. The molecule has 3 aromatic rings. The quantitative estimate of drug-likeness (QED) is 0.791. The van der Waals surface area contributed by atoms with Gasteiger partial charge in [-0.25, -0.2) is 0 Å². The minimum atomic E-state index is 0.0247. The topological polar surface area (TPSA) is 47.3 Å². The smallest absolute Gasteiger partial charge is 0.123 e. The van der Waals surface area contributed by atoms with Crippen LogP contribution in [0.15, 0.2) is 48.7 Å². The van der Waals surface area contributed by atoms with Crippen molar-refractivity contribution in [1.82, 2.24) is 9.78 Å². The number of benzene rings is 2. The molecular formula is C16H16N2O2. The van der Waals surface area contributed by atoms with Crippen LogP contribution >= 0.6 is 0 Å². The van der Waals surface area contributed by atoms with Gasteiger partial charge in [-0.1, -0.05) is 24.3 Å². The van der Waals surface area contributed by atoms with Crippen molar-refractivity contribution in [2.45, 2.75) is 13.2 Å². The van der Waals surface area contributed by atoms with Crippen LogP contribution in [0.4, 0.5) is 0 Å². The zero-order valence-electron chi connectivity index (χ0n) is 11.3. The fraction of sp³-hybridized carbons (Fsp3) is 0.188. The number of aromatic nitrogens is 2. The summed E-state index contributed by atoms with van der Waals surface area (Å²) in [4.78, 5) is 0. The number of hydrogen-bond acceptors (Lipinski definition) is 3. The third-order valence-electron chi connectivity index (χ3n) is 3.40. The highest BCUT2D eigenvalue weighted by molar-refractivity contribution is 5.78. The normalized spacial score (nSPS) is 10.9. The van der Waals surface area contributed by atoms with Crippen molar-refractivity contribution in [1.29, 1.82) is 0 Å². The van der Waals surface area contributed by atoms with Gasteiger partial charge in [0.2, 0.25) is 0 Å². The lowest BCUT2D eigenvalue weighted by Crippen LogP contribution is -2.04. The highest BCUT2D eigenvalue weighted by Crippen LogP contribution is 2.22. The summed E-state index contributed by atoms with van der Waals surface area (Å²) >= 11 is 0. The summed E-state index contributed by atoms with van der Waals surface area (Å²) in [6.45, 7) is 0.640. The van der Waals surface area contributed by atoms with Gasteiger partial charge in [-0.2, -0.15) is 5.10 Å². The van der Waals surface area contributed by atoms with Crippen molar-refractivity contribution in [2.24, 2.45) is 0 Å². The fourth-order valence-corrected chi connectivity index (χ4v) is 2.37. The van der Waals surface area contributed by atoms with E-state index in [1.165, 1.54) is 0 Å². The minimum absolute atomic E-state index is 0.0247. The third-order valence-corrected chi connectivity index (χ3v) is 3.40. The van der Waals surface area contributed by atoms with Crippen LogP contribution in [0.3, 0.4) is 0 Å². The molecule has 0 fully saturated rings. The van der Waals surface area contributed by atoms with E-state index in [1.807, 2.05) is 53.3 Å². The average molecular weight is 268 g/mol. The molecule has 0 bridgehead atoms. The monoisotopic (exact) mass is 268 g/mol. The zero-order chi connectivity index (χ0) is 13.9. The lowest BCUT2D eigenvalue weighted by molar-refractivity contribution is 0.281. The predicted octanol–water partition coefficient (Wildman–Crippen LogP) is 2.59. The first-order valence-corrected chi connectivity index (χ1v) is 6.49. The third kappa shape index (κ3) is 2.26. The van der Waals surface area contributed by atoms with Crippen LogP contribution in [0.1, 0.15) is 11.1 Å². The number of nitrogens with zero attached hydrogens (tertiary/aromatic N) is 2. The van der Waals surface area contributed by atoms with Gasteiger partial charge >= 0.3 is 0 Å². The molecule has 0 unspecified atom stereocenters. The minimum Gasteiger partial charge on any atom is -0.496 e. The van der Waals surface area contributed by atoms with E-state index in [-0.39, 0.29) is 6.61 Å². The Labute approximate surface area is 117 Å². The molecule has 3 rings (SSSR count). The Kier molecular flexibility index (Phi) is 3.39. The van der Waals surface area contributed by atoms with E-state index in [0.717, 1.165) is 27.8 Å². The molecule has 0 spiro atoms. The van der Waals surface area contributed by atoms with E-state index in [1.54, 1.807) is 7.11 Å².